The highest BCUT2D eigenvalue weighted by atomic mass is 35.5. The lowest BCUT2D eigenvalue weighted by Gasteiger charge is -2.12. The number of amides is 1. The Balaban J connectivity index is 2.23. The fourth-order valence-corrected chi connectivity index (χ4v) is 2.87. The van der Waals surface area contributed by atoms with Crippen LogP contribution in [0.15, 0.2) is 23.0 Å². The number of rotatable bonds is 7. The molecule has 0 fully saturated rings. The van der Waals surface area contributed by atoms with Crippen LogP contribution < -0.4 is 15.6 Å². The van der Waals surface area contributed by atoms with Crippen LogP contribution >= 0.6 is 11.6 Å². The van der Waals surface area contributed by atoms with Crippen molar-refractivity contribution in [3.05, 3.63) is 50.4 Å². The molecule has 28 heavy (non-hydrogen) atoms. The van der Waals surface area contributed by atoms with Crippen molar-refractivity contribution in [3.8, 4) is 11.8 Å². The normalized spacial score (nSPS) is 10.6. The zero-order chi connectivity index (χ0) is 20.8. The lowest BCUT2D eigenvalue weighted by atomic mass is 10.0. The Kier molecular flexibility index (Phi) is 7.06. The molecular weight excluding hydrogens is 394 g/mol. The zero-order valence-corrected chi connectivity index (χ0v) is 15.9. The van der Waals surface area contributed by atoms with Gasteiger partial charge in [-0.2, -0.15) is 19.1 Å². The second-order valence-corrected chi connectivity index (χ2v) is 6.06. The maximum absolute atomic E-state index is 12.4. The summed E-state index contributed by atoms with van der Waals surface area (Å²) in [7, 11) is 0. The number of anilines is 1. The third-order valence-corrected chi connectivity index (χ3v) is 4.16. The van der Waals surface area contributed by atoms with E-state index in [1.807, 2.05) is 19.9 Å². The fourth-order valence-electron chi connectivity index (χ4n) is 2.65. The van der Waals surface area contributed by atoms with Crippen molar-refractivity contribution in [2.75, 3.05) is 5.32 Å². The Labute approximate surface area is 164 Å². The first-order valence-electron chi connectivity index (χ1n) is 8.37. The van der Waals surface area contributed by atoms with Crippen LogP contribution in [0.25, 0.3) is 0 Å². The summed E-state index contributed by atoms with van der Waals surface area (Å²) in [4.78, 5) is 24.7. The molecule has 0 saturated heterocycles. The van der Waals surface area contributed by atoms with Crippen LogP contribution in [0.5, 0.6) is 5.75 Å². The smallest absolute Gasteiger partial charge is 0.387 e. The second kappa shape index (κ2) is 9.28. The molecule has 1 N–H and O–H groups in total. The number of benzene rings is 1. The molecule has 148 valence electrons. The summed E-state index contributed by atoms with van der Waals surface area (Å²) in [6.07, 6.45) is 0.980. The van der Waals surface area contributed by atoms with Crippen LogP contribution in [-0.4, -0.2) is 22.3 Å². The summed E-state index contributed by atoms with van der Waals surface area (Å²) in [5.74, 6) is -0.822. The van der Waals surface area contributed by atoms with Crippen LogP contribution in [0.1, 0.15) is 30.7 Å². The van der Waals surface area contributed by atoms with E-state index in [9.17, 15) is 23.6 Å². The van der Waals surface area contributed by atoms with E-state index in [1.165, 1.54) is 18.2 Å². The Hall–Kier alpha value is -2.99. The Morgan fingerprint density at radius 3 is 2.64 bits per heavy atom. The third-order valence-electron chi connectivity index (χ3n) is 3.87. The van der Waals surface area contributed by atoms with E-state index in [0.29, 0.717) is 24.1 Å². The Bertz CT molecular complexity index is 986. The molecule has 10 heteroatoms. The largest absolute Gasteiger partial charge is 0.433 e. The first-order valence-corrected chi connectivity index (χ1v) is 8.75. The summed E-state index contributed by atoms with van der Waals surface area (Å²) in [6, 6.07) is 5.64. The first-order chi connectivity index (χ1) is 13.3. The monoisotopic (exact) mass is 410 g/mol. The van der Waals surface area contributed by atoms with Gasteiger partial charge in [0, 0.05) is 5.69 Å². The molecule has 0 unspecified atom stereocenters. The number of nitriles is 1. The summed E-state index contributed by atoms with van der Waals surface area (Å²) in [5.41, 5.74) is 0.700. The highest BCUT2D eigenvalue weighted by molar-refractivity contribution is 6.32. The zero-order valence-electron chi connectivity index (χ0n) is 15.1. The van der Waals surface area contributed by atoms with E-state index < -0.39 is 24.6 Å². The lowest BCUT2D eigenvalue weighted by molar-refractivity contribution is -0.117. The van der Waals surface area contributed by atoms with Gasteiger partial charge < -0.3 is 10.1 Å². The van der Waals surface area contributed by atoms with Crippen LogP contribution in [0.4, 0.5) is 14.5 Å². The molecule has 1 aromatic carbocycles. The van der Waals surface area contributed by atoms with Gasteiger partial charge in [-0.1, -0.05) is 25.4 Å². The van der Waals surface area contributed by atoms with E-state index >= 15 is 0 Å². The third kappa shape index (κ3) is 4.84. The molecule has 0 saturated carbocycles. The highest BCUT2D eigenvalue weighted by Crippen LogP contribution is 2.28. The number of alkyl halides is 2. The maximum atomic E-state index is 12.4. The van der Waals surface area contributed by atoms with Crippen LogP contribution in [-0.2, 0) is 24.2 Å². The number of aromatic nitrogens is 2. The van der Waals surface area contributed by atoms with Gasteiger partial charge in [-0.15, -0.1) is 0 Å². The number of nitrogens with one attached hydrogen (secondary N) is 1. The second-order valence-electron chi connectivity index (χ2n) is 5.65. The van der Waals surface area contributed by atoms with Crippen molar-refractivity contribution in [2.45, 2.75) is 39.8 Å². The summed E-state index contributed by atoms with van der Waals surface area (Å²) in [5, 5.41) is 15.9. The Morgan fingerprint density at radius 2 is 2.11 bits per heavy atom. The molecule has 1 aromatic heterocycles. The molecule has 2 aromatic rings. The van der Waals surface area contributed by atoms with E-state index in [2.05, 4.69) is 15.2 Å². The van der Waals surface area contributed by atoms with Gasteiger partial charge in [-0.05, 0) is 36.6 Å². The summed E-state index contributed by atoms with van der Waals surface area (Å²) >= 11 is 5.84. The predicted octanol–water partition coefficient (Wildman–Crippen LogP) is 3.13. The van der Waals surface area contributed by atoms with E-state index in [1.54, 1.807) is 0 Å². The number of halogens is 3. The minimum Gasteiger partial charge on any atom is -0.433 e. The van der Waals surface area contributed by atoms with Gasteiger partial charge in [0.25, 0.3) is 5.56 Å². The molecule has 2 rings (SSSR count). The van der Waals surface area contributed by atoms with Crippen molar-refractivity contribution in [3.63, 3.8) is 0 Å². The number of carbonyl (C=O) groups is 1. The van der Waals surface area contributed by atoms with Gasteiger partial charge >= 0.3 is 6.61 Å². The Morgan fingerprint density at radius 1 is 1.39 bits per heavy atom. The molecular formula is C18H17ClF2N4O3. The van der Waals surface area contributed by atoms with Crippen molar-refractivity contribution in [1.29, 1.82) is 5.26 Å². The standard InChI is InChI=1S/C18H17ClF2N4O3/c1-3-11-12(8-22)17(27)25(24-14(11)4-2)9-16(26)23-10-5-6-15(13(19)7-10)28-18(20)21/h5-7,18H,3-4,9H2,1-2H3,(H,23,26). The molecule has 0 bridgehead atoms. The number of hydrogen-bond acceptors (Lipinski definition) is 5. The average molecular weight is 411 g/mol. The van der Waals surface area contributed by atoms with Gasteiger partial charge in [-0.25, -0.2) is 4.68 Å². The van der Waals surface area contributed by atoms with Gasteiger partial charge in [0.2, 0.25) is 5.91 Å². The topological polar surface area (TPSA) is 97.0 Å². The van der Waals surface area contributed by atoms with Crippen molar-refractivity contribution >= 4 is 23.2 Å². The number of carbonyl (C=O) groups excluding carboxylic acids is 1. The summed E-state index contributed by atoms with van der Waals surface area (Å²) in [6.45, 7) is 0.211. The quantitative estimate of drug-likeness (QED) is 0.756. The number of aryl methyl sites for hydroxylation is 1. The molecule has 0 aliphatic carbocycles. The molecule has 1 heterocycles. The number of nitrogens with zero attached hydrogens (tertiary/aromatic N) is 3. The van der Waals surface area contributed by atoms with E-state index in [0.717, 1.165) is 4.68 Å². The fraction of sp³-hybridized carbons (Fsp3) is 0.333. The van der Waals surface area contributed by atoms with Gasteiger partial charge in [0.15, 0.2) is 0 Å². The molecule has 0 radical (unpaired) electrons. The minimum atomic E-state index is -3.02. The van der Waals surface area contributed by atoms with Crippen molar-refractivity contribution in [1.82, 2.24) is 9.78 Å². The SMILES string of the molecule is CCc1nn(CC(=O)Nc2ccc(OC(F)F)c(Cl)c2)c(=O)c(C#N)c1CC. The molecule has 7 nitrogen and oxygen atoms in total. The predicted molar refractivity (Wildman–Crippen MR) is 98.7 cm³/mol. The van der Waals surface area contributed by atoms with Crippen molar-refractivity contribution in [2.24, 2.45) is 0 Å². The van der Waals surface area contributed by atoms with E-state index in [4.69, 9.17) is 11.6 Å². The van der Waals surface area contributed by atoms with Crippen molar-refractivity contribution < 1.29 is 18.3 Å². The summed E-state index contributed by atoms with van der Waals surface area (Å²) < 4.78 is 29.7. The number of hydrogen-bond donors (Lipinski definition) is 1. The minimum absolute atomic E-state index is 0.0290. The molecule has 0 spiro atoms. The molecule has 0 atom stereocenters. The van der Waals surface area contributed by atoms with Gasteiger partial charge in [-0.3, -0.25) is 9.59 Å². The van der Waals surface area contributed by atoms with Gasteiger partial charge in [0.1, 0.15) is 23.9 Å². The average Bonchev–Trinajstić information content (AvgIpc) is 2.64. The lowest BCUT2D eigenvalue weighted by Crippen LogP contribution is -2.33. The van der Waals surface area contributed by atoms with E-state index in [-0.39, 0.29) is 22.0 Å². The number of ether oxygens (including phenoxy) is 1. The van der Waals surface area contributed by atoms with Crippen LogP contribution in [0.3, 0.4) is 0 Å². The molecule has 0 aliphatic heterocycles. The van der Waals surface area contributed by atoms with Gasteiger partial charge in [0.05, 0.1) is 10.7 Å². The molecule has 1 amide bonds. The van der Waals surface area contributed by atoms with Crippen LogP contribution in [0.2, 0.25) is 5.02 Å². The van der Waals surface area contributed by atoms with Crippen LogP contribution in [0, 0.1) is 11.3 Å². The molecule has 0 aliphatic rings. The maximum Gasteiger partial charge on any atom is 0.387 e. The first kappa shape index (κ1) is 21.3. The highest BCUT2D eigenvalue weighted by Gasteiger charge is 2.17.